The molecule has 2 unspecified atom stereocenters. The SMILES string of the molecule is CSC1CCCC1NCc1ccn(-c2ccccc2)n1. The Morgan fingerprint density at radius 1 is 1.25 bits per heavy atom. The van der Waals surface area contributed by atoms with E-state index < -0.39 is 0 Å². The van der Waals surface area contributed by atoms with Crippen LogP contribution in [-0.4, -0.2) is 27.3 Å². The van der Waals surface area contributed by atoms with Gasteiger partial charge < -0.3 is 5.32 Å². The van der Waals surface area contributed by atoms with Crippen LogP contribution in [0.1, 0.15) is 25.0 Å². The van der Waals surface area contributed by atoms with E-state index in [0.717, 1.165) is 23.2 Å². The molecule has 1 N–H and O–H groups in total. The first-order chi connectivity index (χ1) is 9.86. The number of benzene rings is 1. The number of hydrogen-bond donors (Lipinski definition) is 1. The molecule has 0 bridgehead atoms. The summed E-state index contributed by atoms with van der Waals surface area (Å²) < 4.78 is 1.94. The first-order valence-electron chi connectivity index (χ1n) is 7.23. The van der Waals surface area contributed by atoms with Gasteiger partial charge >= 0.3 is 0 Å². The number of nitrogens with one attached hydrogen (secondary N) is 1. The molecule has 1 saturated carbocycles. The lowest BCUT2D eigenvalue weighted by Crippen LogP contribution is -2.33. The molecule has 1 aromatic heterocycles. The zero-order chi connectivity index (χ0) is 13.8. The fourth-order valence-corrected chi connectivity index (χ4v) is 3.82. The Morgan fingerprint density at radius 2 is 2.10 bits per heavy atom. The minimum absolute atomic E-state index is 0.645. The average molecular weight is 287 g/mol. The van der Waals surface area contributed by atoms with E-state index in [1.54, 1.807) is 0 Å². The molecule has 4 heteroatoms. The van der Waals surface area contributed by atoms with Crippen LogP contribution in [0.2, 0.25) is 0 Å². The molecule has 2 atom stereocenters. The second-order valence-electron chi connectivity index (χ2n) is 5.28. The summed E-state index contributed by atoms with van der Waals surface area (Å²) in [5.41, 5.74) is 2.22. The van der Waals surface area contributed by atoms with E-state index in [4.69, 9.17) is 0 Å². The number of hydrogen-bond acceptors (Lipinski definition) is 3. The predicted molar refractivity (Wildman–Crippen MR) is 85.3 cm³/mol. The maximum Gasteiger partial charge on any atom is 0.0766 e. The molecule has 2 aromatic rings. The van der Waals surface area contributed by atoms with Gasteiger partial charge in [-0.1, -0.05) is 24.6 Å². The van der Waals surface area contributed by atoms with Crippen LogP contribution in [0, 0.1) is 0 Å². The van der Waals surface area contributed by atoms with Crippen molar-refractivity contribution in [3.05, 3.63) is 48.3 Å². The molecule has 20 heavy (non-hydrogen) atoms. The first-order valence-corrected chi connectivity index (χ1v) is 8.52. The molecule has 0 saturated heterocycles. The van der Waals surface area contributed by atoms with E-state index in [1.807, 2.05) is 40.8 Å². The second-order valence-corrected chi connectivity index (χ2v) is 6.36. The number of rotatable bonds is 5. The largest absolute Gasteiger partial charge is 0.307 e. The molecule has 0 spiro atoms. The molecule has 1 fully saturated rings. The van der Waals surface area contributed by atoms with Crippen molar-refractivity contribution in [3.8, 4) is 5.69 Å². The molecule has 3 rings (SSSR count). The summed E-state index contributed by atoms with van der Waals surface area (Å²) >= 11 is 1.99. The topological polar surface area (TPSA) is 29.9 Å². The average Bonchev–Trinajstić information content (AvgIpc) is 3.15. The lowest BCUT2D eigenvalue weighted by molar-refractivity contribution is 0.525. The summed E-state index contributed by atoms with van der Waals surface area (Å²) in [6.45, 7) is 0.863. The lowest BCUT2D eigenvalue weighted by Gasteiger charge is -2.18. The van der Waals surface area contributed by atoms with Crippen molar-refractivity contribution in [1.29, 1.82) is 0 Å². The smallest absolute Gasteiger partial charge is 0.0766 e. The Bertz CT molecular complexity index is 538. The third-order valence-electron chi connectivity index (χ3n) is 3.97. The Kier molecular flexibility index (Phi) is 4.43. The van der Waals surface area contributed by atoms with E-state index in [-0.39, 0.29) is 0 Å². The van der Waals surface area contributed by atoms with Gasteiger partial charge in [-0.15, -0.1) is 0 Å². The first kappa shape index (κ1) is 13.7. The molecule has 106 valence electrons. The maximum absolute atomic E-state index is 4.64. The summed E-state index contributed by atoms with van der Waals surface area (Å²) in [5, 5.41) is 9.08. The zero-order valence-corrected chi connectivity index (χ0v) is 12.6. The molecule has 1 aliphatic carbocycles. The van der Waals surface area contributed by atoms with Gasteiger partial charge in [0.1, 0.15) is 0 Å². The predicted octanol–water partition coefficient (Wildman–Crippen LogP) is 3.25. The third-order valence-corrected chi connectivity index (χ3v) is 5.14. The van der Waals surface area contributed by atoms with Gasteiger partial charge in [0.2, 0.25) is 0 Å². The van der Waals surface area contributed by atoms with Crippen LogP contribution in [0.3, 0.4) is 0 Å². The van der Waals surface area contributed by atoms with Crippen LogP contribution < -0.4 is 5.32 Å². The van der Waals surface area contributed by atoms with E-state index >= 15 is 0 Å². The highest BCUT2D eigenvalue weighted by Crippen LogP contribution is 2.28. The molecule has 3 nitrogen and oxygen atoms in total. The summed E-state index contributed by atoms with van der Waals surface area (Å²) in [4.78, 5) is 0. The van der Waals surface area contributed by atoms with Crippen molar-refractivity contribution in [2.45, 2.75) is 37.1 Å². The van der Waals surface area contributed by atoms with Gasteiger partial charge in [-0.3, -0.25) is 0 Å². The van der Waals surface area contributed by atoms with Crippen LogP contribution in [0.5, 0.6) is 0 Å². The summed E-state index contributed by atoms with van der Waals surface area (Å²) in [6.07, 6.45) is 8.24. The second kappa shape index (κ2) is 6.46. The van der Waals surface area contributed by atoms with Gasteiger partial charge in [0.25, 0.3) is 0 Å². The number of para-hydroxylation sites is 1. The molecular formula is C16H21N3S. The van der Waals surface area contributed by atoms with Crippen molar-refractivity contribution < 1.29 is 0 Å². The number of nitrogens with zero attached hydrogens (tertiary/aromatic N) is 2. The van der Waals surface area contributed by atoms with Crippen LogP contribution in [0.25, 0.3) is 5.69 Å². The molecule has 1 heterocycles. The minimum Gasteiger partial charge on any atom is -0.307 e. The highest BCUT2D eigenvalue weighted by Gasteiger charge is 2.25. The molecular weight excluding hydrogens is 266 g/mol. The monoisotopic (exact) mass is 287 g/mol. The van der Waals surface area contributed by atoms with Gasteiger partial charge in [-0.25, -0.2) is 4.68 Å². The normalized spacial score (nSPS) is 22.2. The summed E-state index contributed by atoms with van der Waals surface area (Å²) in [6, 6.07) is 13.0. The van der Waals surface area contributed by atoms with E-state index in [9.17, 15) is 0 Å². The standard InChI is InChI=1S/C16H21N3S/c1-20-16-9-5-8-15(16)17-12-13-10-11-19(18-13)14-6-3-2-4-7-14/h2-4,6-7,10-11,15-17H,5,8-9,12H2,1H3. The van der Waals surface area contributed by atoms with E-state index in [2.05, 4.69) is 34.9 Å². The fourth-order valence-electron chi connectivity index (χ4n) is 2.86. The van der Waals surface area contributed by atoms with Crippen LogP contribution >= 0.6 is 11.8 Å². The van der Waals surface area contributed by atoms with Crippen LogP contribution in [0.15, 0.2) is 42.6 Å². The lowest BCUT2D eigenvalue weighted by atomic mass is 10.2. The minimum atomic E-state index is 0.645. The van der Waals surface area contributed by atoms with Gasteiger partial charge in [0.15, 0.2) is 0 Å². The van der Waals surface area contributed by atoms with E-state index in [0.29, 0.717) is 6.04 Å². The van der Waals surface area contributed by atoms with Crippen LogP contribution in [-0.2, 0) is 6.54 Å². The molecule has 1 aliphatic rings. The Hall–Kier alpha value is -1.26. The number of thioether (sulfide) groups is 1. The van der Waals surface area contributed by atoms with Crippen molar-refractivity contribution in [2.75, 3.05) is 6.26 Å². The van der Waals surface area contributed by atoms with E-state index in [1.165, 1.54) is 19.3 Å². The molecule has 0 aliphatic heterocycles. The Labute approximate surface area is 124 Å². The molecule has 1 aromatic carbocycles. The van der Waals surface area contributed by atoms with Gasteiger partial charge in [0.05, 0.1) is 11.4 Å². The molecule has 0 amide bonds. The van der Waals surface area contributed by atoms with Crippen molar-refractivity contribution in [2.24, 2.45) is 0 Å². The maximum atomic E-state index is 4.64. The zero-order valence-electron chi connectivity index (χ0n) is 11.8. The summed E-state index contributed by atoms with van der Waals surface area (Å²) in [5.74, 6) is 0. The van der Waals surface area contributed by atoms with Crippen LogP contribution in [0.4, 0.5) is 0 Å². The van der Waals surface area contributed by atoms with Gasteiger partial charge in [0, 0.05) is 24.0 Å². The molecule has 0 radical (unpaired) electrons. The highest BCUT2D eigenvalue weighted by molar-refractivity contribution is 7.99. The van der Waals surface area contributed by atoms with Crippen molar-refractivity contribution in [1.82, 2.24) is 15.1 Å². The Balaban J connectivity index is 1.60. The van der Waals surface area contributed by atoms with Gasteiger partial charge in [-0.05, 0) is 37.3 Å². The Morgan fingerprint density at radius 3 is 2.90 bits per heavy atom. The van der Waals surface area contributed by atoms with Crippen molar-refractivity contribution >= 4 is 11.8 Å². The third kappa shape index (κ3) is 3.07. The highest BCUT2D eigenvalue weighted by atomic mass is 32.2. The van der Waals surface area contributed by atoms with Crippen molar-refractivity contribution in [3.63, 3.8) is 0 Å². The summed E-state index contributed by atoms with van der Waals surface area (Å²) in [7, 11) is 0. The number of aromatic nitrogens is 2. The van der Waals surface area contributed by atoms with Gasteiger partial charge in [-0.2, -0.15) is 16.9 Å². The fraction of sp³-hybridized carbons (Fsp3) is 0.438. The quantitative estimate of drug-likeness (QED) is 0.915.